The lowest BCUT2D eigenvalue weighted by Crippen LogP contribution is -2.39. The van der Waals surface area contributed by atoms with E-state index in [1.165, 1.54) is 24.3 Å². The van der Waals surface area contributed by atoms with Crippen LogP contribution in [0, 0.1) is 5.82 Å². The highest BCUT2D eigenvalue weighted by molar-refractivity contribution is 7.89. The number of sulfonamides is 1. The first kappa shape index (κ1) is 22.0. The number of carbonyl (C=O) groups is 1. The second kappa shape index (κ2) is 9.27. The molecule has 0 heterocycles. The van der Waals surface area contributed by atoms with Crippen molar-refractivity contribution < 1.29 is 17.6 Å². The second-order valence-corrected chi connectivity index (χ2v) is 8.72. The number of nitrogens with zero attached hydrogens (tertiary/aromatic N) is 1. The molecule has 28 heavy (non-hydrogen) atoms. The molecule has 2 N–H and O–H groups in total. The Labute approximate surface area is 165 Å². The number of likely N-dealkylation sites (N-methyl/N-ethyl adjacent to an activating group) is 1. The molecule has 1 amide bonds. The molecule has 8 heteroatoms. The van der Waals surface area contributed by atoms with Gasteiger partial charge in [-0.3, -0.25) is 9.69 Å². The minimum Gasteiger partial charge on any atom is -0.325 e. The van der Waals surface area contributed by atoms with E-state index in [-0.39, 0.29) is 22.7 Å². The zero-order valence-corrected chi connectivity index (χ0v) is 17.3. The number of nitrogens with one attached hydrogen (secondary N) is 2. The summed E-state index contributed by atoms with van der Waals surface area (Å²) in [5.74, 6) is -0.522. The smallest absolute Gasteiger partial charge is 0.241 e. The Bertz CT molecular complexity index is 897. The Hall–Kier alpha value is -2.29. The lowest BCUT2D eigenvalue weighted by molar-refractivity contribution is -0.120. The molecule has 0 aliphatic heterocycles. The van der Waals surface area contributed by atoms with Crippen molar-refractivity contribution in [2.75, 3.05) is 12.4 Å². The number of benzene rings is 2. The molecule has 0 unspecified atom stereocenters. The fourth-order valence-corrected chi connectivity index (χ4v) is 3.81. The van der Waals surface area contributed by atoms with Gasteiger partial charge in [0.15, 0.2) is 0 Å². The van der Waals surface area contributed by atoms with Crippen LogP contribution in [0.4, 0.5) is 10.1 Å². The largest absolute Gasteiger partial charge is 0.325 e. The van der Waals surface area contributed by atoms with Crippen LogP contribution in [0.3, 0.4) is 0 Å². The minimum absolute atomic E-state index is 0.140. The summed E-state index contributed by atoms with van der Waals surface area (Å²) in [5, 5.41) is 2.78. The van der Waals surface area contributed by atoms with E-state index in [0.29, 0.717) is 12.2 Å². The summed E-state index contributed by atoms with van der Waals surface area (Å²) in [5.41, 5.74) is 1.41. The molecule has 0 saturated heterocycles. The van der Waals surface area contributed by atoms with E-state index in [9.17, 15) is 17.6 Å². The minimum atomic E-state index is -3.57. The van der Waals surface area contributed by atoms with Gasteiger partial charge >= 0.3 is 0 Å². The van der Waals surface area contributed by atoms with Crippen LogP contribution in [-0.4, -0.2) is 38.4 Å². The quantitative estimate of drug-likeness (QED) is 0.705. The van der Waals surface area contributed by atoms with Gasteiger partial charge in [0, 0.05) is 18.3 Å². The van der Waals surface area contributed by atoms with Crippen LogP contribution in [0.2, 0.25) is 0 Å². The third-order valence-corrected chi connectivity index (χ3v) is 5.88. The van der Waals surface area contributed by atoms with E-state index in [1.807, 2.05) is 4.90 Å². The van der Waals surface area contributed by atoms with E-state index in [0.717, 1.165) is 5.56 Å². The first-order chi connectivity index (χ1) is 13.1. The lowest BCUT2D eigenvalue weighted by Gasteiger charge is -2.24. The topological polar surface area (TPSA) is 78.5 Å². The molecule has 1 atom stereocenters. The van der Waals surface area contributed by atoms with Crippen molar-refractivity contribution >= 4 is 21.6 Å². The molecular formula is C20H26FN3O3S. The van der Waals surface area contributed by atoms with Crippen LogP contribution < -0.4 is 10.0 Å². The summed E-state index contributed by atoms with van der Waals surface area (Å²) in [7, 11) is -1.76. The zero-order valence-electron chi connectivity index (χ0n) is 16.4. The van der Waals surface area contributed by atoms with Crippen molar-refractivity contribution in [3.05, 3.63) is 59.9 Å². The van der Waals surface area contributed by atoms with Crippen molar-refractivity contribution in [1.29, 1.82) is 0 Å². The van der Waals surface area contributed by atoms with Gasteiger partial charge in [-0.1, -0.05) is 12.1 Å². The first-order valence-corrected chi connectivity index (χ1v) is 10.4. The van der Waals surface area contributed by atoms with Crippen LogP contribution in [0.25, 0.3) is 0 Å². The summed E-state index contributed by atoms with van der Waals surface area (Å²) in [4.78, 5) is 14.5. The molecule has 6 nitrogen and oxygen atoms in total. The molecular weight excluding hydrogens is 381 g/mol. The lowest BCUT2D eigenvalue weighted by atomic mass is 10.2. The Morgan fingerprint density at radius 3 is 2.14 bits per heavy atom. The summed E-state index contributed by atoms with van der Waals surface area (Å²) in [6.07, 6.45) is 0. The van der Waals surface area contributed by atoms with Gasteiger partial charge in [0.05, 0.1) is 10.9 Å². The number of carbonyl (C=O) groups excluding carboxylic acids is 1. The van der Waals surface area contributed by atoms with E-state index in [4.69, 9.17) is 0 Å². The maximum absolute atomic E-state index is 13.0. The van der Waals surface area contributed by atoms with Gasteiger partial charge in [-0.15, -0.1) is 0 Å². The molecule has 0 aromatic heterocycles. The van der Waals surface area contributed by atoms with Gasteiger partial charge in [0.1, 0.15) is 5.82 Å². The van der Waals surface area contributed by atoms with Gasteiger partial charge in [-0.25, -0.2) is 17.5 Å². The number of anilines is 1. The normalized spacial score (nSPS) is 13.0. The van der Waals surface area contributed by atoms with E-state index in [2.05, 4.69) is 10.0 Å². The first-order valence-electron chi connectivity index (χ1n) is 8.96. The maximum atomic E-state index is 13.0. The average Bonchev–Trinajstić information content (AvgIpc) is 2.62. The highest BCUT2D eigenvalue weighted by Crippen LogP contribution is 2.16. The van der Waals surface area contributed by atoms with E-state index >= 15 is 0 Å². The Kier molecular flexibility index (Phi) is 7.29. The predicted molar refractivity (Wildman–Crippen MR) is 108 cm³/mol. The standard InChI is InChI=1S/C20H26FN3O3S/c1-14(2)23-28(26,27)19-11-9-18(10-12-19)22-20(25)15(3)24(4)13-16-5-7-17(21)8-6-16/h5-12,14-15,23H,13H2,1-4H3,(H,22,25)/t15-/m1/s1. The molecule has 0 saturated carbocycles. The van der Waals surface area contributed by atoms with Crippen molar-refractivity contribution in [3.63, 3.8) is 0 Å². The summed E-state index contributed by atoms with van der Waals surface area (Å²) in [6.45, 7) is 5.75. The van der Waals surface area contributed by atoms with Crippen molar-refractivity contribution in [2.45, 2.75) is 44.3 Å². The monoisotopic (exact) mass is 407 g/mol. The third kappa shape index (κ3) is 6.12. The second-order valence-electron chi connectivity index (χ2n) is 7.01. The molecule has 0 spiro atoms. The number of hydrogen-bond acceptors (Lipinski definition) is 4. The van der Waals surface area contributed by atoms with Crippen LogP contribution >= 0.6 is 0 Å². The number of amides is 1. The summed E-state index contributed by atoms with van der Waals surface area (Å²) < 4.78 is 39.8. The highest BCUT2D eigenvalue weighted by Gasteiger charge is 2.19. The molecule has 2 aromatic carbocycles. The highest BCUT2D eigenvalue weighted by atomic mass is 32.2. The molecule has 2 aromatic rings. The van der Waals surface area contributed by atoms with E-state index < -0.39 is 16.1 Å². The Morgan fingerprint density at radius 1 is 1.04 bits per heavy atom. The van der Waals surface area contributed by atoms with Gasteiger partial charge in [-0.05, 0) is 69.8 Å². The van der Waals surface area contributed by atoms with Gasteiger partial charge in [0.2, 0.25) is 15.9 Å². The fourth-order valence-electron chi connectivity index (χ4n) is 2.56. The molecule has 0 aliphatic rings. The Morgan fingerprint density at radius 2 is 1.61 bits per heavy atom. The molecule has 0 bridgehead atoms. The third-order valence-electron chi connectivity index (χ3n) is 4.21. The molecule has 2 rings (SSSR count). The van der Waals surface area contributed by atoms with Gasteiger partial charge in [0.25, 0.3) is 0 Å². The van der Waals surface area contributed by atoms with Gasteiger partial charge < -0.3 is 5.32 Å². The predicted octanol–water partition coefficient (Wildman–Crippen LogP) is 2.97. The summed E-state index contributed by atoms with van der Waals surface area (Å²) in [6, 6.07) is 11.5. The SMILES string of the molecule is CC(C)NS(=O)(=O)c1ccc(NC(=O)[C@@H](C)N(C)Cc2ccc(F)cc2)cc1. The van der Waals surface area contributed by atoms with Crippen molar-refractivity contribution in [3.8, 4) is 0 Å². The molecule has 152 valence electrons. The molecule has 0 aliphatic carbocycles. The van der Waals surface area contributed by atoms with Gasteiger partial charge in [-0.2, -0.15) is 0 Å². The number of halogens is 1. The maximum Gasteiger partial charge on any atom is 0.241 e. The van der Waals surface area contributed by atoms with Crippen LogP contribution in [0.1, 0.15) is 26.3 Å². The fraction of sp³-hybridized carbons (Fsp3) is 0.350. The number of rotatable bonds is 8. The van der Waals surface area contributed by atoms with Crippen LogP contribution in [0.5, 0.6) is 0 Å². The molecule has 0 radical (unpaired) electrons. The summed E-state index contributed by atoms with van der Waals surface area (Å²) >= 11 is 0. The Balaban J connectivity index is 1.98. The average molecular weight is 408 g/mol. The van der Waals surface area contributed by atoms with Crippen LogP contribution in [-0.2, 0) is 21.4 Å². The van der Waals surface area contributed by atoms with Crippen molar-refractivity contribution in [2.24, 2.45) is 0 Å². The molecule has 0 fully saturated rings. The number of hydrogen-bond donors (Lipinski definition) is 2. The van der Waals surface area contributed by atoms with Crippen LogP contribution in [0.15, 0.2) is 53.4 Å². The van der Waals surface area contributed by atoms with E-state index in [1.54, 1.807) is 52.1 Å². The van der Waals surface area contributed by atoms with Crippen molar-refractivity contribution in [1.82, 2.24) is 9.62 Å². The zero-order chi connectivity index (χ0) is 20.9.